The van der Waals surface area contributed by atoms with Crippen molar-refractivity contribution in [2.24, 2.45) is 17.3 Å². The normalized spacial score (nSPS) is 42.5. The highest BCUT2D eigenvalue weighted by Crippen LogP contribution is 2.64. The van der Waals surface area contributed by atoms with Crippen LogP contribution in [0.2, 0.25) is 0 Å². The Morgan fingerprint density at radius 1 is 1.20 bits per heavy atom. The quantitative estimate of drug-likeness (QED) is 0.719. The average Bonchev–Trinajstić information content (AvgIpc) is 2.52. The molecule has 0 aromatic carbocycles. The van der Waals surface area contributed by atoms with Gasteiger partial charge in [-0.2, -0.15) is 0 Å². The van der Waals surface area contributed by atoms with Crippen LogP contribution in [0.5, 0.6) is 0 Å². The molecule has 0 aromatic heterocycles. The molecule has 4 saturated carbocycles. The van der Waals surface area contributed by atoms with Crippen LogP contribution in [0.25, 0.3) is 0 Å². The van der Waals surface area contributed by atoms with Crippen LogP contribution in [0.4, 0.5) is 0 Å². The van der Waals surface area contributed by atoms with Crippen molar-refractivity contribution in [3.05, 3.63) is 0 Å². The number of carbonyl (C=O) groups excluding carboxylic acids is 2. The molecule has 5 fully saturated rings. The number of piperidine rings is 1. The molecular formula is C20H31BrN2O2. The Morgan fingerprint density at radius 2 is 1.92 bits per heavy atom. The molecule has 5 heteroatoms. The van der Waals surface area contributed by atoms with E-state index in [0.717, 1.165) is 56.9 Å². The topological polar surface area (TPSA) is 49.4 Å². The van der Waals surface area contributed by atoms with E-state index in [2.05, 4.69) is 26.1 Å². The fourth-order valence-electron chi connectivity index (χ4n) is 6.54. The Hall–Kier alpha value is -0.580. The summed E-state index contributed by atoms with van der Waals surface area (Å²) in [6.07, 6.45) is 10.5. The van der Waals surface area contributed by atoms with Crippen molar-refractivity contribution in [2.75, 3.05) is 13.1 Å². The highest BCUT2D eigenvalue weighted by atomic mass is 79.9. The van der Waals surface area contributed by atoms with E-state index in [1.54, 1.807) is 0 Å². The van der Waals surface area contributed by atoms with E-state index in [9.17, 15) is 9.59 Å². The van der Waals surface area contributed by atoms with Crippen molar-refractivity contribution in [2.45, 2.75) is 81.5 Å². The first kappa shape index (κ1) is 17.8. The third-order valence-corrected chi connectivity index (χ3v) is 7.92. The maximum absolute atomic E-state index is 13.5. The molecule has 140 valence electrons. The van der Waals surface area contributed by atoms with Crippen LogP contribution in [0.15, 0.2) is 0 Å². The minimum absolute atomic E-state index is 0.122. The van der Waals surface area contributed by atoms with E-state index in [0.29, 0.717) is 18.9 Å². The van der Waals surface area contributed by atoms with Gasteiger partial charge in [0.15, 0.2) is 0 Å². The Balaban J connectivity index is 1.44. The van der Waals surface area contributed by atoms with Crippen molar-refractivity contribution in [1.29, 1.82) is 0 Å². The van der Waals surface area contributed by atoms with Crippen LogP contribution < -0.4 is 5.32 Å². The molecular weight excluding hydrogens is 380 g/mol. The number of nitrogens with zero attached hydrogens (tertiary/aromatic N) is 1. The second-order valence-electron chi connectivity index (χ2n) is 9.30. The molecule has 1 saturated heterocycles. The van der Waals surface area contributed by atoms with Gasteiger partial charge in [-0.15, -0.1) is 0 Å². The lowest BCUT2D eigenvalue weighted by Crippen LogP contribution is -2.61. The molecule has 5 rings (SSSR count). The van der Waals surface area contributed by atoms with Crippen molar-refractivity contribution < 1.29 is 9.59 Å². The van der Waals surface area contributed by atoms with Gasteiger partial charge in [0, 0.05) is 29.9 Å². The molecule has 4 nitrogen and oxygen atoms in total. The number of amides is 2. The zero-order chi connectivity index (χ0) is 17.7. The van der Waals surface area contributed by atoms with E-state index in [4.69, 9.17) is 0 Å². The molecule has 1 aliphatic heterocycles. The van der Waals surface area contributed by atoms with Crippen LogP contribution in [-0.2, 0) is 9.59 Å². The van der Waals surface area contributed by atoms with Crippen molar-refractivity contribution in [1.82, 2.24) is 10.2 Å². The monoisotopic (exact) mass is 410 g/mol. The van der Waals surface area contributed by atoms with Crippen molar-refractivity contribution in [3.8, 4) is 0 Å². The minimum Gasteiger partial charge on any atom is -0.352 e. The van der Waals surface area contributed by atoms with E-state index in [1.165, 1.54) is 19.3 Å². The van der Waals surface area contributed by atoms with Gasteiger partial charge in [-0.05, 0) is 69.6 Å². The molecule has 1 heterocycles. The first-order chi connectivity index (χ1) is 11.9. The highest BCUT2D eigenvalue weighted by molar-refractivity contribution is 9.10. The average molecular weight is 411 g/mol. The number of alkyl halides is 1. The summed E-state index contributed by atoms with van der Waals surface area (Å²) in [6, 6.07) is 0.142. The van der Waals surface area contributed by atoms with Gasteiger partial charge in [0.1, 0.15) is 0 Å². The molecule has 3 atom stereocenters. The largest absolute Gasteiger partial charge is 0.352 e. The minimum atomic E-state index is -0.122. The second kappa shape index (κ2) is 6.54. The number of hydrogen-bond donors (Lipinski definition) is 1. The molecule has 25 heavy (non-hydrogen) atoms. The van der Waals surface area contributed by atoms with Gasteiger partial charge >= 0.3 is 0 Å². The Morgan fingerprint density at radius 3 is 2.56 bits per heavy atom. The van der Waals surface area contributed by atoms with Crippen LogP contribution in [0.3, 0.4) is 0 Å². The lowest BCUT2D eigenvalue weighted by Gasteiger charge is -2.60. The number of halogens is 1. The van der Waals surface area contributed by atoms with Gasteiger partial charge in [-0.3, -0.25) is 9.59 Å². The zero-order valence-electron chi connectivity index (χ0n) is 15.4. The summed E-state index contributed by atoms with van der Waals surface area (Å²) in [5.41, 5.74) is -0.122. The predicted octanol–water partition coefficient (Wildman–Crippen LogP) is 3.63. The van der Waals surface area contributed by atoms with Gasteiger partial charge in [-0.25, -0.2) is 0 Å². The SMILES string of the molecule is CCCC(=O)NC1CCCN(C(=O)C23CC4CC(CC(Br)(C4)C2)C3)C1. The molecule has 2 amide bonds. The molecule has 0 aromatic rings. The van der Waals surface area contributed by atoms with Crippen molar-refractivity contribution in [3.63, 3.8) is 0 Å². The smallest absolute Gasteiger partial charge is 0.228 e. The Kier molecular flexibility index (Phi) is 4.66. The first-order valence-electron chi connectivity index (χ1n) is 10.2. The van der Waals surface area contributed by atoms with E-state index < -0.39 is 0 Å². The molecule has 1 N–H and O–H groups in total. The second-order valence-corrected chi connectivity index (χ2v) is 11.0. The standard InChI is InChI=1S/C20H31BrN2O2/c1-2-4-17(24)22-16-5-3-6-23(12-16)18(25)19-8-14-7-15(9-19)11-20(21,10-14)13-19/h14-16H,2-13H2,1H3,(H,22,24). The molecule has 0 radical (unpaired) electrons. The summed E-state index contributed by atoms with van der Waals surface area (Å²) >= 11 is 4.02. The fraction of sp³-hybridized carbons (Fsp3) is 0.900. The maximum Gasteiger partial charge on any atom is 0.228 e. The van der Waals surface area contributed by atoms with Gasteiger partial charge in [0.05, 0.1) is 5.41 Å². The zero-order valence-corrected chi connectivity index (χ0v) is 16.9. The Bertz CT molecular complexity index is 550. The van der Waals surface area contributed by atoms with Crippen molar-refractivity contribution >= 4 is 27.7 Å². The molecule has 3 unspecified atom stereocenters. The van der Waals surface area contributed by atoms with Crippen LogP contribution >= 0.6 is 15.9 Å². The first-order valence-corrected chi connectivity index (χ1v) is 11.0. The van der Waals surface area contributed by atoms with Crippen LogP contribution in [0.1, 0.15) is 71.1 Å². The predicted molar refractivity (Wildman–Crippen MR) is 101 cm³/mol. The number of hydrogen-bond acceptors (Lipinski definition) is 2. The fourth-order valence-corrected chi connectivity index (χ4v) is 8.00. The third-order valence-electron chi connectivity index (χ3n) is 6.99. The molecule has 5 aliphatic rings. The lowest BCUT2D eigenvalue weighted by atomic mass is 9.49. The number of carbonyl (C=O) groups is 2. The summed E-state index contributed by atoms with van der Waals surface area (Å²) in [4.78, 5) is 27.6. The summed E-state index contributed by atoms with van der Waals surface area (Å²) in [5.74, 6) is 1.99. The maximum atomic E-state index is 13.5. The van der Waals surface area contributed by atoms with Gasteiger partial charge in [0.2, 0.25) is 11.8 Å². The molecule has 4 aliphatic carbocycles. The number of rotatable bonds is 4. The molecule has 4 bridgehead atoms. The Labute approximate surface area is 159 Å². The van der Waals surface area contributed by atoms with Crippen LogP contribution in [-0.4, -0.2) is 40.2 Å². The van der Waals surface area contributed by atoms with Gasteiger partial charge in [-0.1, -0.05) is 22.9 Å². The van der Waals surface area contributed by atoms with E-state index >= 15 is 0 Å². The highest BCUT2D eigenvalue weighted by Gasteiger charge is 2.60. The summed E-state index contributed by atoms with van der Waals surface area (Å²) < 4.78 is 0.220. The third kappa shape index (κ3) is 3.38. The number of likely N-dealkylation sites (tertiary alicyclic amines) is 1. The van der Waals surface area contributed by atoms with E-state index in [-0.39, 0.29) is 21.7 Å². The summed E-state index contributed by atoms with van der Waals surface area (Å²) in [5, 5.41) is 3.14. The lowest BCUT2D eigenvalue weighted by molar-refractivity contribution is -0.157. The van der Waals surface area contributed by atoms with E-state index in [1.807, 2.05) is 6.92 Å². The molecule has 0 spiro atoms. The van der Waals surface area contributed by atoms with Crippen LogP contribution in [0, 0.1) is 17.3 Å². The van der Waals surface area contributed by atoms with Gasteiger partial charge in [0.25, 0.3) is 0 Å². The number of nitrogens with one attached hydrogen (secondary N) is 1. The summed E-state index contributed by atoms with van der Waals surface area (Å²) in [6.45, 7) is 3.60. The van der Waals surface area contributed by atoms with Gasteiger partial charge < -0.3 is 10.2 Å². The summed E-state index contributed by atoms with van der Waals surface area (Å²) in [7, 11) is 0.